The van der Waals surface area contributed by atoms with Crippen LogP contribution in [0.25, 0.3) is 0 Å². The molecule has 0 bridgehead atoms. The molecule has 1 saturated heterocycles. The van der Waals surface area contributed by atoms with E-state index in [-0.39, 0.29) is 23.6 Å². The first-order chi connectivity index (χ1) is 14.5. The molecule has 4 rings (SSSR count). The number of piperidine rings is 1. The van der Waals surface area contributed by atoms with Crippen LogP contribution in [-0.2, 0) is 0 Å². The maximum atomic E-state index is 12.5. The molecule has 2 aromatic rings. The molecule has 0 aromatic carbocycles. The van der Waals surface area contributed by atoms with Crippen molar-refractivity contribution in [2.24, 2.45) is 0 Å². The number of carbonyl (C=O) groups is 1. The molecule has 0 spiro atoms. The van der Waals surface area contributed by atoms with Gasteiger partial charge in [0.25, 0.3) is 11.5 Å². The lowest BCUT2D eigenvalue weighted by atomic mass is 9.93. The Bertz CT molecular complexity index is 943. The Labute approximate surface area is 179 Å². The third-order valence-corrected chi connectivity index (χ3v) is 7.12. The SMILES string of the molecule is Cc1ncsc1C(=O)NCC1CCCCN1c1ccc(=O)n(C2CCCCC2O)n1. The van der Waals surface area contributed by atoms with Gasteiger partial charge in [0.15, 0.2) is 0 Å². The van der Waals surface area contributed by atoms with Crippen molar-refractivity contribution in [2.45, 2.75) is 70.1 Å². The summed E-state index contributed by atoms with van der Waals surface area (Å²) in [4.78, 5) is 32.0. The highest BCUT2D eigenvalue weighted by Crippen LogP contribution is 2.28. The minimum atomic E-state index is -0.529. The van der Waals surface area contributed by atoms with Crippen molar-refractivity contribution in [1.29, 1.82) is 0 Å². The minimum absolute atomic E-state index is 0.0937. The maximum Gasteiger partial charge on any atom is 0.267 e. The Balaban J connectivity index is 1.51. The summed E-state index contributed by atoms with van der Waals surface area (Å²) >= 11 is 1.35. The number of nitrogens with zero attached hydrogens (tertiary/aromatic N) is 4. The second-order valence-electron chi connectivity index (χ2n) is 8.21. The monoisotopic (exact) mass is 431 g/mol. The van der Waals surface area contributed by atoms with Crippen molar-refractivity contribution < 1.29 is 9.90 Å². The van der Waals surface area contributed by atoms with Crippen LogP contribution in [0.4, 0.5) is 5.82 Å². The second-order valence-corrected chi connectivity index (χ2v) is 9.07. The standard InChI is InChI=1S/C21H29N5O3S/c1-14-20(30-13-23-14)21(29)22-12-15-6-4-5-11-25(15)18-9-10-19(28)26(24-18)16-7-2-3-8-17(16)27/h9-10,13,15-17,27H,2-8,11-12H2,1H3,(H,22,29). The van der Waals surface area contributed by atoms with E-state index in [9.17, 15) is 14.7 Å². The van der Waals surface area contributed by atoms with Crippen molar-refractivity contribution in [1.82, 2.24) is 20.1 Å². The summed E-state index contributed by atoms with van der Waals surface area (Å²) in [5.41, 5.74) is 2.26. The zero-order valence-electron chi connectivity index (χ0n) is 17.3. The van der Waals surface area contributed by atoms with Gasteiger partial charge in [0.05, 0.1) is 23.4 Å². The van der Waals surface area contributed by atoms with Gasteiger partial charge in [-0.3, -0.25) is 9.59 Å². The highest BCUT2D eigenvalue weighted by atomic mass is 32.1. The second kappa shape index (κ2) is 9.26. The summed E-state index contributed by atoms with van der Waals surface area (Å²) < 4.78 is 1.48. The molecule has 30 heavy (non-hydrogen) atoms. The lowest BCUT2D eigenvalue weighted by molar-refractivity contribution is 0.0669. The number of carbonyl (C=O) groups excluding carboxylic acids is 1. The molecule has 2 fully saturated rings. The van der Waals surface area contributed by atoms with Crippen LogP contribution in [0.15, 0.2) is 22.4 Å². The zero-order chi connectivity index (χ0) is 21.1. The maximum absolute atomic E-state index is 12.5. The molecule has 162 valence electrons. The van der Waals surface area contributed by atoms with Gasteiger partial charge in [-0.25, -0.2) is 9.67 Å². The third kappa shape index (κ3) is 4.41. The predicted molar refractivity (Wildman–Crippen MR) is 116 cm³/mol. The number of aliphatic hydroxyl groups is 1. The molecule has 2 aliphatic rings. The fourth-order valence-electron chi connectivity index (χ4n) is 4.51. The average Bonchev–Trinajstić information content (AvgIpc) is 3.19. The number of hydrogen-bond acceptors (Lipinski definition) is 7. The van der Waals surface area contributed by atoms with Gasteiger partial charge in [0.1, 0.15) is 10.7 Å². The van der Waals surface area contributed by atoms with Crippen LogP contribution in [-0.4, -0.2) is 51.0 Å². The smallest absolute Gasteiger partial charge is 0.267 e. The van der Waals surface area contributed by atoms with Gasteiger partial charge >= 0.3 is 0 Å². The summed E-state index contributed by atoms with van der Waals surface area (Å²) in [7, 11) is 0. The number of anilines is 1. The molecule has 9 heteroatoms. The minimum Gasteiger partial charge on any atom is -0.391 e. The predicted octanol–water partition coefficient (Wildman–Crippen LogP) is 2.27. The number of aryl methyl sites for hydroxylation is 1. The number of rotatable bonds is 5. The molecule has 3 atom stereocenters. The lowest BCUT2D eigenvalue weighted by Gasteiger charge is -2.37. The summed E-state index contributed by atoms with van der Waals surface area (Å²) in [6.45, 7) is 3.19. The van der Waals surface area contributed by atoms with E-state index in [2.05, 4.69) is 20.3 Å². The van der Waals surface area contributed by atoms with Crippen molar-refractivity contribution in [3.05, 3.63) is 38.6 Å². The van der Waals surface area contributed by atoms with Gasteiger partial charge in [0.2, 0.25) is 0 Å². The number of thiazole rings is 1. The van der Waals surface area contributed by atoms with Gasteiger partial charge < -0.3 is 15.3 Å². The average molecular weight is 432 g/mol. The van der Waals surface area contributed by atoms with Gasteiger partial charge in [0, 0.05) is 25.2 Å². The molecular formula is C21H29N5O3S. The molecule has 1 amide bonds. The molecular weight excluding hydrogens is 402 g/mol. The van der Waals surface area contributed by atoms with E-state index >= 15 is 0 Å². The van der Waals surface area contributed by atoms with E-state index in [1.54, 1.807) is 17.6 Å². The Kier molecular flexibility index (Phi) is 6.48. The van der Waals surface area contributed by atoms with Crippen LogP contribution in [0, 0.1) is 6.92 Å². The highest BCUT2D eigenvalue weighted by Gasteiger charge is 2.29. The first-order valence-electron chi connectivity index (χ1n) is 10.8. The van der Waals surface area contributed by atoms with Crippen molar-refractivity contribution >= 4 is 23.1 Å². The molecule has 1 aliphatic carbocycles. The van der Waals surface area contributed by atoms with Crippen molar-refractivity contribution in [3.63, 3.8) is 0 Å². The summed E-state index contributed by atoms with van der Waals surface area (Å²) in [5.74, 6) is 0.643. The van der Waals surface area contributed by atoms with Gasteiger partial charge in [-0.1, -0.05) is 12.8 Å². The normalized spacial score (nSPS) is 24.6. The van der Waals surface area contributed by atoms with Crippen LogP contribution in [0.5, 0.6) is 0 Å². The molecule has 3 unspecified atom stereocenters. The van der Waals surface area contributed by atoms with E-state index in [1.807, 2.05) is 6.92 Å². The van der Waals surface area contributed by atoms with Crippen LogP contribution >= 0.6 is 11.3 Å². The molecule has 8 nitrogen and oxygen atoms in total. The summed E-state index contributed by atoms with van der Waals surface area (Å²) in [5, 5.41) is 18.1. The molecule has 2 N–H and O–H groups in total. The topological polar surface area (TPSA) is 100 Å². The summed E-state index contributed by atoms with van der Waals surface area (Å²) in [6.07, 6.45) is 6.02. The van der Waals surface area contributed by atoms with E-state index in [1.165, 1.54) is 16.0 Å². The summed E-state index contributed by atoms with van der Waals surface area (Å²) in [6, 6.07) is 3.17. The van der Waals surface area contributed by atoms with Crippen LogP contribution < -0.4 is 15.8 Å². The first-order valence-corrected chi connectivity index (χ1v) is 11.7. The molecule has 2 aromatic heterocycles. The van der Waals surface area contributed by atoms with E-state index in [4.69, 9.17) is 0 Å². The molecule has 1 saturated carbocycles. The number of aromatic nitrogens is 3. The highest BCUT2D eigenvalue weighted by molar-refractivity contribution is 7.11. The Morgan fingerprint density at radius 2 is 2.03 bits per heavy atom. The van der Waals surface area contributed by atoms with Crippen molar-refractivity contribution in [2.75, 3.05) is 18.0 Å². The Hall–Kier alpha value is -2.26. The number of aliphatic hydroxyl groups excluding tert-OH is 1. The zero-order valence-corrected chi connectivity index (χ0v) is 18.1. The van der Waals surface area contributed by atoms with E-state index in [0.717, 1.165) is 56.6 Å². The van der Waals surface area contributed by atoms with Crippen LogP contribution in [0.2, 0.25) is 0 Å². The van der Waals surface area contributed by atoms with Gasteiger partial charge in [-0.15, -0.1) is 11.3 Å². The largest absolute Gasteiger partial charge is 0.391 e. The molecule has 1 aliphatic heterocycles. The van der Waals surface area contributed by atoms with E-state index in [0.29, 0.717) is 17.8 Å². The number of nitrogens with one attached hydrogen (secondary N) is 1. The third-order valence-electron chi connectivity index (χ3n) is 6.19. The van der Waals surface area contributed by atoms with Gasteiger partial charge in [-0.05, 0) is 45.1 Å². The quantitative estimate of drug-likeness (QED) is 0.753. The number of amides is 1. The van der Waals surface area contributed by atoms with Gasteiger partial charge in [-0.2, -0.15) is 5.10 Å². The van der Waals surface area contributed by atoms with Crippen LogP contribution in [0.3, 0.4) is 0 Å². The van der Waals surface area contributed by atoms with Crippen molar-refractivity contribution in [3.8, 4) is 0 Å². The Morgan fingerprint density at radius 3 is 2.80 bits per heavy atom. The molecule has 0 radical (unpaired) electrons. The molecule has 3 heterocycles. The Morgan fingerprint density at radius 1 is 1.23 bits per heavy atom. The number of hydrogen-bond donors (Lipinski definition) is 2. The fraction of sp³-hybridized carbons (Fsp3) is 0.619. The first kappa shape index (κ1) is 21.0. The lowest BCUT2D eigenvalue weighted by Crippen LogP contribution is -2.48. The van der Waals surface area contributed by atoms with Crippen LogP contribution in [0.1, 0.15) is 66.4 Å². The fourth-order valence-corrected chi connectivity index (χ4v) is 5.23. The van der Waals surface area contributed by atoms with E-state index < -0.39 is 6.10 Å².